The van der Waals surface area contributed by atoms with E-state index in [4.69, 9.17) is 5.73 Å². The number of nitrogens with one attached hydrogen (secondary N) is 1. The fraction of sp³-hybridized carbons (Fsp3) is 0.474. The predicted octanol–water partition coefficient (Wildman–Crippen LogP) is 4.35. The lowest BCUT2D eigenvalue weighted by Crippen LogP contribution is -2.23. The van der Waals surface area contributed by atoms with Crippen LogP contribution in [-0.4, -0.2) is 22.6 Å². The lowest BCUT2D eigenvalue weighted by Gasteiger charge is -2.25. The van der Waals surface area contributed by atoms with Gasteiger partial charge in [-0.3, -0.25) is 0 Å². The molecule has 1 fully saturated rings. The van der Waals surface area contributed by atoms with Crippen molar-refractivity contribution in [2.24, 2.45) is 0 Å². The second kappa shape index (κ2) is 7.99. The van der Waals surface area contributed by atoms with Gasteiger partial charge in [0.05, 0.1) is 0 Å². The van der Waals surface area contributed by atoms with Crippen LogP contribution in [0.3, 0.4) is 0 Å². The molecule has 0 radical (unpaired) electrons. The van der Waals surface area contributed by atoms with Gasteiger partial charge in [0, 0.05) is 18.3 Å². The molecule has 1 aliphatic carbocycles. The van der Waals surface area contributed by atoms with Crippen molar-refractivity contribution < 1.29 is 0 Å². The van der Waals surface area contributed by atoms with Gasteiger partial charge in [0.1, 0.15) is 12.0 Å². The van der Waals surface area contributed by atoms with Gasteiger partial charge in [-0.1, -0.05) is 43.9 Å². The van der Waals surface area contributed by atoms with Crippen LogP contribution in [0.4, 0.5) is 23.0 Å². The molecule has 5 heteroatoms. The molecule has 0 amide bonds. The summed E-state index contributed by atoms with van der Waals surface area (Å²) in [6, 6.07) is 10.7. The molecule has 0 atom stereocenters. The van der Waals surface area contributed by atoms with E-state index >= 15 is 0 Å². The van der Waals surface area contributed by atoms with Crippen LogP contribution in [0.1, 0.15) is 45.4 Å². The Morgan fingerprint density at radius 2 is 1.79 bits per heavy atom. The Bertz CT molecular complexity index is 635. The minimum absolute atomic E-state index is 0.462. The van der Waals surface area contributed by atoms with Crippen LogP contribution in [0.15, 0.2) is 36.7 Å². The van der Waals surface area contributed by atoms with E-state index in [9.17, 15) is 0 Å². The van der Waals surface area contributed by atoms with Crippen molar-refractivity contribution in [1.82, 2.24) is 9.97 Å². The Kier molecular flexibility index (Phi) is 5.51. The third kappa shape index (κ3) is 3.78. The Balaban J connectivity index is 1.84. The fourth-order valence-electron chi connectivity index (χ4n) is 3.40. The monoisotopic (exact) mass is 325 g/mol. The molecule has 128 valence electrons. The summed E-state index contributed by atoms with van der Waals surface area (Å²) in [5.41, 5.74) is 8.14. The molecule has 0 saturated heterocycles. The molecule has 0 aliphatic heterocycles. The molecule has 2 aromatic rings. The number of para-hydroxylation sites is 1. The highest BCUT2D eigenvalue weighted by molar-refractivity contribution is 5.79. The van der Waals surface area contributed by atoms with Gasteiger partial charge in [-0.25, -0.2) is 9.97 Å². The van der Waals surface area contributed by atoms with Gasteiger partial charge < -0.3 is 16.0 Å². The molecule has 1 aromatic carbocycles. The van der Waals surface area contributed by atoms with Crippen LogP contribution in [0, 0.1) is 0 Å². The first-order chi connectivity index (χ1) is 11.8. The fourth-order valence-corrected chi connectivity index (χ4v) is 3.40. The average molecular weight is 325 g/mol. The summed E-state index contributed by atoms with van der Waals surface area (Å²) in [5.74, 6) is 1.54. The van der Waals surface area contributed by atoms with E-state index in [1.54, 1.807) is 6.33 Å². The van der Waals surface area contributed by atoms with Gasteiger partial charge in [0.15, 0.2) is 11.6 Å². The third-order valence-corrected chi connectivity index (χ3v) is 4.70. The third-order valence-electron chi connectivity index (χ3n) is 4.70. The number of benzene rings is 1. The van der Waals surface area contributed by atoms with Gasteiger partial charge in [0.25, 0.3) is 0 Å². The Morgan fingerprint density at radius 3 is 2.46 bits per heavy atom. The largest absolute Gasteiger partial charge is 0.393 e. The first kappa shape index (κ1) is 16.6. The molecule has 24 heavy (non-hydrogen) atoms. The number of nitrogens with two attached hydrogens (primary N) is 1. The average Bonchev–Trinajstić information content (AvgIpc) is 2.88. The Morgan fingerprint density at radius 1 is 1.08 bits per heavy atom. The normalized spacial score (nSPS) is 15.7. The number of anilines is 4. The maximum absolute atomic E-state index is 6.42. The first-order valence-electron chi connectivity index (χ1n) is 8.99. The molecule has 0 bridgehead atoms. The molecule has 5 nitrogen and oxygen atoms in total. The van der Waals surface area contributed by atoms with Crippen LogP contribution >= 0.6 is 0 Å². The second-order valence-corrected chi connectivity index (χ2v) is 6.37. The zero-order valence-corrected chi connectivity index (χ0v) is 14.4. The smallest absolute Gasteiger partial charge is 0.161 e. The summed E-state index contributed by atoms with van der Waals surface area (Å²) in [6.07, 6.45) is 9.21. The molecule has 1 aliphatic rings. The number of nitrogens with zero attached hydrogens (tertiary/aromatic N) is 3. The van der Waals surface area contributed by atoms with Crippen molar-refractivity contribution >= 4 is 23.0 Å². The van der Waals surface area contributed by atoms with Crippen molar-refractivity contribution in [3.05, 3.63) is 36.7 Å². The summed E-state index contributed by atoms with van der Waals surface area (Å²) in [5, 5.41) is 3.56. The lowest BCUT2D eigenvalue weighted by molar-refractivity contribution is 0.618. The number of hydrogen-bond acceptors (Lipinski definition) is 5. The van der Waals surface area contributed by atoms with Gasteiger partial charge in [0.2, 0.25) is 0 Å². The topological polar surface area (TPSA) is 67.1 Å². The van der Waals surface area contributed by atoms with Gasteiger partial charge in [-0.15, -0.1) is 0 Å². The maximum atomic E-state index is 6.42. The number of hydrogen-bond donors (Lipinski definition) is 2. The lowest BCUT2D eigenvalue weighted by atomic mass is 10.1. The molecule has 1 heterocycles. The predicted molar refractivity (Wildman–Crippen MR) is 101 cm³/mol. The number of rotatable bonds is 5. The van der Waals surface area contributed by atoms with E-state index < -0.39 is 0 Å². The summed E-state index contributed by atoms with van der Waals surface area (Å²) in [6.45, 7) is 2.90. The van der Waals surface area contributed by atoms with E-state index in [2.05, 4.69) is 39.2 Å². The Hall–Kier alpha value is -2.30. The molecule has 3 N–H and O–H groups in total. The van der Waals surface area contributed by atoms with Crippen molar-refractivity contribution in [2.75, 3.05) is 22.5 Å². The van der Waals surface area contributed by atoms with Crippen LogP contribution in [-0.2, 0) is 0 Å². The van der Waals surface area contributed by atoms with E-state index in [-0.39, 0.29) is 0 Å². The Labute approximate surface area is 144 Å². The molecule has 3 rings (SSSR count). The molecular formula is C19H27N5. The van der Waals surface area contributed by atoms with Gasteiger partial charge in [-0.05, 0) is 31.9 Å². The summed E-state index contributed by atoms with van der Waals surface area (Å²) < 4.78 is 0. The molecule has 0 spiro atoms. The molecular weight excluding hydrogens is 298 g/mol. The van der Waals surface area contributed by atoms with Crippen LogP contribution in [0.5, 0.6) is 0 Å². The van der Waals surface area contributed by atoms with E-state index in [1.165, 1.54) is 38.5 Å². The number of aromatic nitrogens is 2. The van der Waals surface area contributed by atoms with Crippen molar-refractivity contribution in [3.63, 3.8) is 0 Å². The summed E-state index contributed by atoms with van der Waals surface area (Å²) in [7, 11) is 0. The standard InChI is InChI=1S/C19H27N5/c1-2-24(16-12-8-5-9-13-16)19-17(20)18(21-14-22-19)23-15-10-6-3-4-7-11-15/h5,8-9,12-15H,2-4,6-7,10-11,20H2,1H3,(H,21,22,23). The van der Waals surface area contributed by atoms with E-state index in [0.717, 1.165) is 23.9 Å². The summed E-state index contributed by atoms with van der Waals surface area (Å²) >= 11 is 0. The second-order valence-electron chi connectivity index (χ2n) is 6.37. The number of nitrogen functional groups attached to an aromatic ring is 1. The maximum Gasteiger partial charge on any atom is 0.161 e. The van der Waals surface area contributed by atoms with Crippen LogP contribution < -0.4 is 16.0 Å². The molecule has 1 saturated carbocycles. The summed E-state index contributed by atoms with van der Waals surface area (Å²) in [4.78, 5) is 11.0. The van der Waals surface area contributed by atoms with Gasteiger partial charge in [-0.2, -0.15) is 0 Å². The minimum Gasteiger partial charge on any atom is -0.393 e. The highest BCUT2D eigenvalue weighted by Gasteiger charge is 2.18. The SMILES string of the molecule is CCN(c1ccccc1)c1ncnc(NC2CCCCCC2)c1N. The zero-order valence-electron chi connectivity index (χ0n) is 14.4. The molecule has 0 unspecified atom stereocenters. The molecule has 1 aromatic heterocycles. The zero-order chi connectivity index (χ0) is 16.8. The minimum atomic E-state index is 0.462. The van der Waals surface area contributed by atoms with Crippen LogP contribution in [0.2, 0.25) is 0 Å². The van der Waals surface area contributed by atoms with E-state index in [0.29, 0.717) is 11.7 Å². The highest BCUT2D eigenvalue weighted by atomic mass is 15.2. The van der Waals surface area contributed by atoms with Crippen molar-refractivity contribution in [2.45, 2.75) is 51.5 Å². The van der Waals surface area contributed by atoms with E-state index in [1.807, 2.05) is 18.2 Å². The quantitative estimate of drug-likeness (QED) is 0.800. The first-order valence-corrected chi connectivity index (χ1v) is 8.99. The van der Waals surface area contributed by atoms with Crippen molar-refractivity contribution in [1.29, 1.82) is 0 Å². The van der Waals surface area contributed by atoms with Crippen molar-refractivity contribution in [3.8, 4) is 0 Å². The van der Waals surface area contributed by atoms with Crippen LogP contribution in [0.25, 0.3) is 0 Å². The highest BCUT2D eigenvalue weighted by Crippen LogP contribution is 2.32. The van der Waals surface area contributed by atoms with Gasteiger partial charge >= 0.3 is 0 Å².